The second-order valence-electron chi connectivity index (χ2n) is 4.70. The van der Waals surface area contributed by atoms with Gasteiger partial charge in [0.2, 0.25) is 25.4 Å². The van der Waals surface area contributed by atoms with E-state index in [0.717, 1.165) is 15.9 Å². The zero-order valence-corrected chi connectivity index (χ0v) is 17.2. The van der Waals surface area contributed by atoms with E-state index >= 15 is 0 Å². The smallest absolute Gasteiger partial charge is 0.238 e. The topological polar surface area (TPSA) is 176 Å². The van der Waals surface area contributed by atoms with E-state index in [1.165, 1.54) is 34.8 Å². The van der Waals surface area contributed by atoms with Gasteiger partial charge in [0, 0.05) is 6.54 Å². The molecule has 26 heavy (non-hydrogen) atoms. The number of anilines is 3. The van der Waals surface area contributed by atoms with E-state index < -0.39 is 10.0 Å². The summed E-state index contributed by atoms with van der Waals surface area (Å²) >= 11 is 5.69. The van der Waals surface area contributed by atoms with Crippen molar-refractivity contribution in [2.75, 3.05) is 23.3 Å². The predicted octanol–water partition coefficient (Wildman–Crippen LogP) is 1.31. The molecule has 3 aromatic rings. The Labute approximate surface area is 166 Å². The molecule has 2 aromatic heterocycles. The molecule has 0 atom stereocenters. The standard InChI is InChI=1S/C10H13N5O2S2.C2H2BrN3S/c11-9-14-15-10(18-9)13-6-5-7-1-3-8(4-2-7)19(12,16)17;3-1-5-6-2(4)7-1/h1-4H,5-6H2,(H2,11,14)(H,13,15)(H2,12,16,17);(H2,4,6). The lowest BCUT2D eigenvalue weighted by atomic mass is 10.1. The third-order valence-corrected chi connectivity index (χ3v) is 5.62. The zero-order chi connectivity index (χ0) is 19.2. The number of hydrogen-bond donors (Lipinski definition) is 4. The summed E-state index contributed by atoms with van der Waals surface area (Å²) in [6, 6.07) is 6.45. The van der Waals surface area contributed by atoms with Crippen LogP contribution < -0.4 is 21.9 Å². The summed E-state index contributed by atoms with van der Waals surface area (Å²) in [4.78, 5) is 0.112. The highest BCUT2D eigenvalue weighted by Crippen LogP contribution is 2.17. The van der Waals surface area contributed by atoms with Gasteiger partial charge in [-0.15, -0.1) is 20.4 Å². The number of nitrogens with zero attached hydrogens (tertiary/aromatic N) is 4. The molecule has 0 unspecified atom stereocenters. The number of sulfonamides is 1. The maximum absolute atomic E-state index is 11.1. The van der Waals surface area contributed by atoms with Gasteiger partial charge < -0.3 is 16.8 Å². The number of aromatic nitrogens is 4. The molecule has 14 heteroatoms. The number of hydrogen-bond acceptors (Lipinski definition) is 11. The fourth-order valence-electron chi connectivity index (χ4n) is 1.68. The van der Waals surface area contributed by atoms with E-state index in [1.54, 1.807) is 12.1 Å². The van der Waals surface area contributed by atoms with E-state index in [0.29, 0.717) is 21.9 Å². The minimum Gasteiger partial charge on any atom is -0.374 e. The van der Waals surface area contributed by atoms with Gasteiger partial charge in [0.05, 0.1) is 4.90 Å². The first-order valence-electron chi connectivity index (χ1n) is 6.93. The van der Waals surface area contributed by atoms with Crippen LogP contribution in [0, 0.1) is 0 Å². The van der Waals surface area contributed by atoms with Crippen LogP contribution in [0.5, 0.6) is 0 Å². The molecule has 0 saturated carbocycles. The molecular formula is C12H15BrN8O2S3. The Hall–Kier alpha value is -1.87. The lowest BCUT2D eigenvalue weighted by molar-refractivity contribution is 0.598. The molecule has 140 valence electrons. The van der Waals surface area contributed by atoms with Gasteiger partial charge in [0.1, 0.15) is 0 Å². The number of benzene rings is 1. The van der Waals surface area contributed by atoms with Crippen molar-refractivity contribution >= 4 is 64.0 Å². The molecule has 0 fully saturated rings. The molecule has 0 bridgehead atoms. The number of primary sulfonamides is 1. The summed E-state index contributed by atoms with van der Waals surface area (Å²) in [5, 5.41) is 24.3. The van der Waals surface area contributed by atoms with Crippen molar-refractivity contribution in [1.29, 1.82) is 0 Å². The molecular weight excluding hydrogens is 464 g/mol. The Morgan fingerprint density at radius 2 is 1.62 bits per heavy atom. The Bertz CT molecular complexity index is 925. The Balaban J connectivity index is 0.000000290. The van der Waals surface area contributed by atoms with Crippen LogP contribution in [0.3, 0.4) is 0 Å². The first kappa shape index (κ1) is 20.4. The quantitative estimate of drug-likeness (QED) is 0.420. The van der Waals surface area contributed by atoms with Gasteiger partial charge in [0.25, 0.3) is 0 Å². The van der Waals surface area contributed by atoms with Crippen LogP contribution in [0.4, 0.5) is 15.4 Å². The van der Waals surface area contributed by atoms with Crippen molar-refractivity contribution in [2.24, 2.45) is 5.14 Å². The number of nitrogens with one attached hydrogen (secondary N) is 1. The summed E-state index contributed by atoms with van der Waals surface area (Å²) in [6.45, 7) is 0.656. The molecule has 2 heterocycles. The summed E-state index contributed by atoms with van der Waals surface area (Å²) in [6.07, 6.45) is 0.727. The normalized spacial score (nSPS) is 10.8. The van der Waals surface area contributed by atoms with Crippen LogP contribution in [0.15, 0.2) is 33.1 Å². The summed E-state index contributed by atoms with van der Waals surface area (Å²) < 4.78 is 22.9. The molecule has 0 amide bonds. The maximum Gasteiger partial charge on any atom is 0.238 e. The maximum atomic E-state index is 11.1. The molecule has 7 N–H and O–H groups in total. The minimum absolute atomic E-state index is 0.112. The molecule has 0 aliphatic heterocycles. The molecule has 10 nitrogen and oxygen atoms in total. The monoisotopic (exact) mass is 478 g/mol. The largest absolute Gasteiger partial charge is 0.374 e. The van der Waals surface area contributed by atoms with Crippen LogP contribution in [0.2, 0.25) is 0 Å². The SMILES string of the molecule is Nc1nnc(Br)s1.Nc1nnc(NCCc2ccc(S(N)(=O)=O)cc2)s1. The first-order valence-corrected chi connectivity index (χ1v) is 10.9. The van der Waals surface area contributed by atoms with E-state index in [4.69, 9.17) is 16.6 Å². The van der Waals surface area contributed by atoms with Gasteiger partial charge >= 0.3 is 0 Å². The van der Waals surface area contributed by atoms with Crippen LogP contribution >= 0.6 is 38.6 Å². The second-order valence-corrected chi connectivity index (χ2v) is 9.56. The van der Waals surface area contributed by atoms with Gasteiger partial charge in [-0.2, -0.15) is 0 Å². The van der Waals surface area contributed by atoms with Crippen molar-refractivity contribution in [3.05, 3.63) is 33.7 Å². The molecule has 0 saturated heterocycles. The van der Waals surface area contributed by atoms with E-state index in [-0.39, 0.29) is 4.90 Å². The fourth-order valence-corrected chi connectivity index (χ4v) is 3.65. The van der Waals surface area contributed by atoms with Crippen LogP contribution in [-0.4, -0.2) is 35.4 Å². The third-order valence-electron chi connectivity index (χ3n) is 2.80. The molecule has 0 aliphatic carbocycles. The summed E-state index contributed by atoms with van der Waals surface area (Å²) in [5.74, 6) is 0. The van der Waals surface area contributed by atoms with Gasteiger partial charge in [-0.1, -0.05) is 34.8 Å². The number of nitrogen functional groups attached to an aromatic ring is 2. The molecule has 1 aromatic carbocycles. The number of nitrogens with two attached hydrogens (primary N) is 3. The highest BCUT2D eigenvalue weighted by molar-refractivity contribution is 9.11. The van der Waals surface area contributed by atoms with E-state index in [1.807, 2.05) is 0 Å². The second kappa shape index (κ2) is 9.18. The van der Waals surface area contributed by atoms with Crippen molar-refractivity contribution < 1.29 is 8.42 Å². The third kappa shape index (κ3) is 6.80. The average Bonchev–Trinajstić information content (AvgIpc) is 3.15. The first-order chi connectivity index (χ1) is 12.2. The van der Waals surface area contributed by atoms with Crippen molar-refractivity contribution in [1.82, 2.24) is 20.4 Å². The fraction of sp³-hybridized carbons (Fsp3) is 0.167. The lowest BCUT2D eigenvalue weighted by Crippen LogP contribution is -2.12. The Kier molecular flexibility index (Phi) is 7.22. The Morgan fingerprint density at radius 3 is 2.04 bits per heavy atom. The molecule has 0 aliphatic rings. The van der Waals surface area contributed by atoms with Gasteiger partial charge in [0.15, 0.2) is 3.92 Å². The molecule has 3 rings (SSSR count). The van der Waals surface area contributed by atoms with Gasteiger partial charge in [-0.3, -0.25) is 0 Å². The Morgan fingerprint density at radius 1 is 1.00 bits per heavy atom. The number of halogens is 1. The highest BCUT2D eigenvalue weighted by Gasteiger charge is 2.06. The van der Waals surface area contributed by atoms with Crippen molar-refractivity contribution in [2.45, 2.75) is 11.3 Å². The molecule has 0 radical (unpaired) electrons. The molecule has 0 spiro atoms. The summed E-state index contributed by atoms with van der Waals surface area (Å²) in [7, 11) is -3.63. The van der Waals surface area contributed by atoms with Gasteiger partial charge in [-0.25, -0.2) is 13.6 Å². The van der Waals surface area contributed by atoms with Crippen molar-refractivity contribution in [3.63, 3.8) is 0 Å². The summed E-state index contributed by atoms with van der Waals surface area (Å²) in [5.41, 5.74) is 11.6. The predicted molar refractivity (Wildman–Crippen MR) is 106 cm³/mol. The lowest BCUT2D eigenvalue weighted by Gasteiger charge is -2.03. The van der Waals surface area contributed by atoms with Crippen molar-refractivity contribution in [3.8, 4) is 0 Å². The van der Waals surface area contributed by atoms with E-state index in [2.05, 4.69) is 41.6 Å². The van der Waals surface area contributed by atoms with E-state index in [9.17, 15) is 8.42 Å². The number of rotatable bonds is 5. The average molecular weight is 479 g/mol. The van der Waals surface area contributed by atoms with Crippen LogP contribution in [0.1, 0.15) is 5.56 Å². The highest BCUT2D eigenvalue weighted by atomic mass is 79.9. The zero-order valence-electron chi connectivity index (χ0n) is 13.2. The van der Waals surface area contributed by atoms with Gasteiger partial charge in [-0.05, 0) is 40.0 Å². The minimum atomic E-state index is -3.63. The van der Waals surface area contributed by atoms with Crippen LogP contribution in [0.25, 0.3) is 0 Å². The van der Waals surface area contributed by atoms with Crippen LogP contribution in [-0.2, 0) is 16.4 Å².